The summed E-state index contributed by atoms with van der Waals surface area (Å²) in [7, 11) is 1.74. The zero-order valence-corrected chi connectivity index (χ0v) is 16.2. The van der Waals surface area contributed by atoms with Crippen molar-refractivity contribution in [2.45, 2.75) is 32.2 Å². The molecule has 2 amide bonds. The monoisotopic (exact) mass is 371 g/mol. The van der Waals surface area contributed by atoms with Crippen molar-refractivity contribution in [2.24, 2.45) is 4.99 Å². The fourth-order valence-electron chi connectivity index (χ4n) is 3.73. The van der Waals surface area contributed by atoms with E-state index in [0.29, 0.717) is 30.3 Å². The average Bonchev–Trinajstić information content (AvgIpc) is 2.94. The summed E-state index contributed by atoms with van der Waals surface area (Å²) in [6.45, 7) is 6.39. The molecular formula is C20H29N5O2. The summed E-state index contributed by atoms with van der Waals surface area (Å²) < 4.78 is 0. The van der Waals surface area contributed by atoms with Gasteiger partial charge in [-0.15, -0.1) is 0 Å². The summed E-state index contributed by atoms with van der Waals surface area (Å²) in [5.41, 5.74) is 0.979. The van der Waals surface area contributed by atoms with Gasteiger partial charge in [-0.25, -0.2) is 0 Å². The molecule has 1 fully saturated rings. The summed E-state index contributed by atoms with van der Waals surface area (Å²) >= 11 is 0. The Kier molecular flexibility index (Phi) is 6.45. The van der Waals surface area contributed by atoms with E-state index in [0.717, 1.165) is 31.9 Å². The Morgan fingerprint density at radius 1 is 1.11 bits per heavy atom. The summed E-state index contributed by atoms with van der Waals surface area (Å²) in [6, 6.07) is 7.37. The number of imide groups is 1. The number of carbonyl (C=O) groups excluding carboxylic acids is 2. The molecule has 0 radical (unpaired) electrons. The van der Waals surface area contributed by atoms with Crippen molar-refractivity contribution >= 4 is 17.8 Å². The Hall–Kier alpha value is -2.41. The molecule has 1 aromatic carbocycles. The molecule has 27 heavy (non-hydrogen) atoms. The molecule has 2 aliphatic rings. The zero-order chi connectivity index (χ0) is 19.2. The number of amides is 2. The SMILES string of the molecule is CCCN1CCC(NC(=NC)NCCN2C(=O)c3ccccc3C2=O)CC1. The summed E-state index contributed by atoms with van der Waals surface area (Å²) in [5.74, 6) is 0.285. The van der Waals surface area contributed by atoms with Crippen LogP contribution < -0.4 is 10.6 Å². The molecule has 0 aliphatic carbocycles. The van der Waals surface area contributed by atoms with Crippen LogP contribution in [-0.4, -0.2) is 73.4 Å². The molecule has 0 bridgehead atoms. The Morgan fingerprint density at radius 2 is 1.74 bits per heavy atom. The van der Waals surface area contributed by atoms with Crippen LogP contribution in [0.4, 0.5) is 0 Å². The zero-order valence-electron chi connectivity index (χ0n) is 16.2. The molecule has 0 unspecified atom stereocenters. The quantitative estimate of drug-likeness (QED) is 0.448. The fourth-order valence-corrected chi connectivity index (χ4v) is 3.73. The lowest BCUT2D eigenvalue weighted by Crippen LogP contribution is -2.50. The number of nitrogens with zero attached hydrogens (tertiary/aromatic N) is 3. The van der Waals surface area contributed by atoms with Gasteiger partial charge in [-0.3, -0.25) is 19.5 Å². The van der Waals surface area contributed by atoms with Gasteiger partial charge in [-0.05, 0) is 37.9 Å². The molecule has 0 aromatic heterocycles. The smallest absolute Gasteiger partial charge is 0.261 e. The topological polar surface area (TPSA) is 77.0 Å². The van der Waals surface area contributed by atoms with E-state index in [-0.39, 0.29) is 11.8 Å². The van der Waals surface area contributed by atoms with Crippen molar-refractivity contribution in [1.82, 2.24) is 20.4 Å². The molecule has 1 aromatic rings. The number of likely N-dealkylation sites (tertiary alicyclic amines) is 1. The second kappa shape index (κ2) is 8.99. The maximum absolute atomic E-state index is 12.4. The fraction of sp³-hybridized carbons (Fsp3) is 0.550. The average molecular weight is 371 g/mol. The molecule has 3 rings (SSSR count). The first-order valence-corrected chi connectivity index (χ1v) is 9.78. The number of fused-ring (bicyclic) bond motifs is 1. The van der Waals surface area contributed by atoms with E-state index < -0.39 is 0 Å². The van der Waals surface area contributed by atoms with E-state index >= 15 is 0 Å². The molecule has 2 aliphatic heterocycles. The minimum atomic E-state index is -0.219. The third-order valence-corrected chi connectivity index (χ3v) is 5.20. The van der Waals surface area contributed by atoms with Crippen molar-refractivity contribution < 1.29 is 9.59 Å². The minimum absolute atomic E-state index is 0.219. The van der Waals surface area contributed by atoms with E-state index in [1.165, 1.54) is 17.9 Å². The Bertz CT molecular complexity index is 675. The molecule has 7 heteroatoms. The van der Waals surface area contributed by atoms with E-state index in [4.69, 9.17) is 0 Å². The minimum Gasteiger partial charge on any atom is -0.355 e. The standard InChI is InChI=1S/C20H29N5O2/c1-3-11-24-12-8-15(9-13-24)23-20(21-2)22-10-14-25-18(26)16-6-4-5-7-17(16)19(25)27/h4-7,15H,3,8-14H2,1-2H3,(H2,21,22,23). The maximum Gasteiger partial charge on any atom is 0.261 e. The highest BCUT2D eigenvalue weighted by Gasteiger charge is 2.34. The molecule has 0 saturated carbocycles. The van der Waals surface area contributed by atoms with Crippen LogP contribution in [0.1, 0.15) is 46.9 Å². The largest absolute Gasteiger partial charge is 0.355 e. The van der Waals surface area contributed by atoms with Crippen LogP contribution in [0.5, 0.6) is 0 Å². The number of piperidine rings is 1. The number of nitrogens with one attached hydrogen (secondary N) is 2. The van der Waals surface area contributed by atoms with Gasteiger partial charge in [0.25, 0.3) is 11.8 Å². The number of hydrogen-bond donors (Lipinski definition) is 2. The molecule has 1 saturated heterocycles. The van der Waals surface area contributed by atoms with Crippen molar-refractivity contribution in [2.75, 3.05) is 39.8 Å². The van der Waals surface area contributed by atoms with Crippen LogP contribution >= 0.6 is 0 Å². The molecule has 7 nitrogen and oxygen atoms in total. The van der Waals surface area contributed by atoms with E-state index in [9.17, 15) is 9.59 Å². The first-order valence-electron chi connectivity index (χ1n) is 9.78. The number of rotatable bonds is 6. The highest BCUT2D eigenvalue weighted by Crippen LogP contribution is 2.21. The summed E-state index contributed by atoms with van der Waals surface area (Å²) in [5, 5.41) is 6.68. The van der Waals surface area contributed by atoms with Gasteiger partial charge < -0.3 is 15.5 Å². The summed E-state index contributed by atoms with van der Waals surface area (Å²) in [4.78, 5) is 32.8. The maximum atomic E-state index is 12.4. The highest BCUT2D eigenvalue weighted by atomic mass is 16.2. The van der Waals surface area contributed by atoms with Gasteiger partial charge >= 0.3 is 0 Å². The molecule has 146 valence electrons. The molecular weight excluding hydrogens is 342 g/mol. The molecule has 0 atom stereocenters. The van der Waals surface area contributed by atoms with Crippen LogP contribution in [0.2, 0.25) is 0 Å². The third-order valence-electron chi connectivity index (χ3n) is 5.20. The normalized spacial score (nSPS) is 18.7. The van der Waals surface area contributed by atoms with Crippen molar-refractivity contribution in [1.29, 1.82) is 0 Å². The van der Waals surface area contributed by atoms with Crippen LogP contribution in [-0.2, 0) is 0 Å². The highest BCUT2D eigenvalue weighted by molar-refractivity contribution is 6.21. The number of hydrogen-bond acceptors (Lipinski definition) is 4. The van der Waals surface area contributed by atoms with Gasteiger partial charge in [0.1, 0.15) is 0 Å². The first kappa shape index (κ1) is 19.4. The van der Waals surface area contributed by atoms with Gasteiger partial charge in [0.2, 0.25) is 0 Å². The Balaban J connectivity index is 1.45. The van der Waals surface area contributed by atoms with Gasteiger partial charge in [0, 0.05) is 39.3 Å². The van der Waals surface area contributed by atoms with Crippen LogP contribution in [0.15, 0.2) is 29.3 Å². The van der Waals surface area contributed by atoms with Gasteiger partial charge in [0.15, 0.2) is 5.96 Å². The number of carbonyl (C=O) groups is 2. The van der Waals surface area contributed by atoms with Crippen LogP contribution in [0.25, 0.3) is 0 Å². The lowest BCUT2D eigenvalue weighted by molar-refractivity contribution is 0.0657. The molecule has 2 N–H and O–H groups in total. The van der Waals surface area contributed by atoms with E-state index in [1.54, 1.807) is 31.3 Å². The number of guanidine groups is 1. The lowest BCUT2D eigenvalue weighted by Gasteiger charge is -2.32. The van der Waals surface area contributed by atoms with Gasteiger partial charge in [0.05, 0.1) is 11.1 Å². The van der Waals surface area contributed by atoms with E-state index in [1.807, 2.05) is 0 Å². The predicted octanol–water partition coefficient (Wildman–Crippen LogP) is 1.32. The van der Waals surface area contributed by atoms with Crippen LogP contribution in [0.3, 0.4) is 0 Å². The second-order valence-electron chi connectivity index (χ2n) is 7.07. The van der Waals surface area contributed by atoms with E-state index in [2.05, 4.69) is 27.4 Å². The Labute approximate surface area is 160 Å². The van der Waals surface area contributed by atoms with Gasteiger partial charge in [-0.2, -0.15) is 0 Å². The summed E-state index contributed by atoms with van der Waals surface area (Å²) in [6.07, 6.45) is 3.39. The second-order valence-corrected chi connectivity index (χ2v) is 7.07. The number of aliphatic imine (C=N–C) groups is 1. The first-order chi connectivity index (χ1) is 13.1. The Morgan fingerprint density at radius 3 is 2.30 bits per heavy atom. The lowest BCUT2D eigenvalue weighted by atomic mass is 10.1. The number of benzene rings is 1. The van der Waals surface area contributed by atoms with Gasteiger partial charge in [-0.1, -0.05) is 19.1 Å². The molecule has 0 spiro atoms. The van der Waals surface area contributed by atoms with Crippen molar-refractivity contribution in [3.8, 4) is 0 Å². The van der Waals surface area contributed by atoms with Crippen molar-refractivity contribution in [3.63, 3.8) is 0 Å². The third kappa shape index (κ3) is 4.47. The van der Waals surface area contributed by atoms with Crippen molar-refractivity contribution in [3.05, 3.63) is 35.4 Å². The predicted molar refractivity (Wildman–Crippen MR) is 106 cm³/mol. The molecule has 2 heterocycles. The van der Waals surface area contributed by atoms with Crippen LogP contribution in [0, 0.1) is 0 Å².